The quantitative estimate of drug-likeness (QED) is 0.683. The summed E-state index contributed by atoms with van der Waals surface area (Å²) < 4.78 is 6.11. The number of carbonyl (C=O) groups excluding carboxylic acids is 2. The molecule has 2 aromatic heterocycles. The summed E-state index contributed by atoms with van der Waals surface area (Å²) >= 11 is 0. The van der Waals surface area contributed by atoms with Gasteiger partial charge in [0.25, 0.3) is 11.8 Å². The van der Waals surface area contributed by atoms with Gasteiger partial charge in [-0.25, -0.2) is 4.98 Å². The van der Waals surface area contributed by atoms with Crippen LogP contribution >= 0.6 is 0 Å². The molecule has 1 saturated heterocycles. The van der Waals surface area contributed by atoms with E-state index in [2.05, 4.69) is 15.1 Å². The summed E-state index contributed by atoms with van der Waals surface area (Å²) in [6.07, 6.45) is 1.55. The normalized spacial score (nSPS) is 20.1. The fourth-order valence-corrected chi connectivity index (χ4v) is 1.83. The Kier molecular flexibility index (Phi) is 2.22. The van der Waals surface area contributed by atoms with Crippen molar-refractivity contribution in [1.82, 2.24) is 19.7 Å². The Labute approximate surface area is 99.6 Å². The molecule has 0 aromatic carbocycles. The van der Waals surface area contributed by atoms with E-state index in [1.807, 2.05) is 0 Å². The third-order valence-electron chi connectivity index (χ3n) is 2.71. The number of ketones is 1. The first-order valence-electron chi connectivity index (χ1n) is 5.30. The highest BCUT2D eigenvalue weighted by molar-refractivity contribution is 5.90. The lowest BCUT2D eigenvalue weighted by atomic mass is 10.1. The minimum Gasteiger partial charge on any atom is -0.432 e. The summed E-state index contributed by atoms with van der Waals surface area (Å²) in [5.41, 5.74) is -0.146. The molecular formula is C10H8N4O4. The third kappa shape index (κ3) is 1.50. The second kappa shape index (κ2) is 3.76. The number of ether oxygens (including phenoxy) is 1. The van der Waals surface area contributed by atoms with Crippen molar-refractivity contribution in [2.45, 2.75) is 19.1 Å². The first-order valence-corrected chi connectivity index (χ1v) is 5.30. The smallest absolute Gasteiger partial charge is 0.308 e. The monoisotopic (exact) mass is 248 g/mol. The van der Waals surface area contributed by atoms with Crippen molar-refractivity contribution in [2.75, 3.05) is 0 Å². The average molecular weight is 248 g/mol. The van der Waals surface area contributed by atoms with E-state index in [-0.39, 0.29) is 35.2 Å². The third-order valence-corrected chi connectivity index (χ3v) is 2.71. The Balaban J connectivity index is 2.14. The molecule has 0 radical (unpaired) electrons. The van der Waals surface area contributed by atoms with Crippen molar-refractivity contribution in [3.63, 3.8) is 0 Å². The first-order chi connectivity index (χ1) is 8.66. The number of hydrogen-bond donors (Lipinski definition) is 1. The Morgan fingerprint density at radius 1 is 1.33 bits per heavy atom. The molecule has 3 rings (SSSR count). The molecule has 3 heterocycles. The summed E-state index contributed by atoms with van der Waals surface area (Å²) in [6, 6.07) is 0. The topological polar surface area (TPSA) is 107 Å². The Morgan fingerprint density at radius 3 is 3.00 bits per heavy atom. The lowest BCUT2D eigenvalue weighted by molar-refractivity contribution is -0.167. The fourth-order valence-electron chi connectivity index (χ4n) is 1.83. The maximum Gasteiger partial charge on any atom is 0.308 e. The van der Waals surface area contributed by atoms with Crippen LogP contribution in [0.5, 0.6) is 0 Å². The van der Waals surface area contributed by atoms with Crippen LogP contribution in [0.2, 0.25) is 0 Å². The van der Waals surface area contributed by atoms with E-state index in [1.165, 1.54) is 12.5 Å². The highest BCUT2D eigenvalue weighted by atomic mass is 16.6. The number of nitrogens with zero attached hydrogens (tertiary/aromatic N) is 3. The van der Waals surface area contributed by atoms with Crippen LogP contribution in [0.4, 0.5) is 0 Å². The van der Waals surface area contributed by atoms with Gasteiger partial charge in [0.15, 0.2) is 11.4 Å². The van der Waals surface area contributed by atoms with E-state index in [1.54, 1.807) is 0 Å². The predicted molar refractivity (Wildman–Crippen MR) is 57.5 cm³/mol. The average Bonchev–Trinajstić information content (AvgIpc) is 2.77. The van der Waals surface area contributed by atoms with Gasteiger partial charge in [0.05, 0.1) is 18.9 Å². The zero-order valence-electron chi connectivity index (χ0n) is 9.12. The maximum absolute atomic E-state index is 11.7. The second-order valence-corrected chi connectivity index (χ2v) is 3.87. The number of rotatable bonds is 1. The highest BCUT2D eigenvalue weighted by Gasteiger charge is 2.32. The lowest BCUT2D eigenvalue weighted by Gasteiger charge is -2.21. The molecular weight excluding hydrogens is 240 g/mol. The Morgan fingerprint density at radius 2 is 2.17 bits per heavy atom. The first kappa shape index (κ1) is 10.6. The highest BCUT2D eigenvalue weighted by Crippen LogP contribution is 2.21. The zero-order valence-corrected chi connectivity index (χ0v) is 9.12. The van der Waals surface area contributed by atoms with Gasteiger partial charge in [-0.05, 0) is 0 Å². The molecule has 1 aliphatic rings. The molecule has 0 amide bonds. The summed E-state index contributed by atoms with van der Waals surface area (Å²) in [5, 5.41) is 4.14. The van der Waals surface area contributed by atoms with Gasteiger partial charge in [-0.15, -0.1) is 0 Å². The number of esters is 1. The number of cyclic esters (lactones) is 1. The number of nitrogens with one attached hydrogen (secondary N) is 1. The van der Waals surface area contributed by atoms with E-state index in [9.17, 15) is 14.4 Å². The van der Waals surface area contributed by atoms with Crippen LogP contribution in [0.3, 0.4) is 0 Å². The molecule has 2 aromatic rings. The number of aromatic amines is 1. The molecule has 8 heteroatoms. The SMILES string of the molecule is O=C1CCC(=O)C(n2ncc3c(=O)[nH]cnc32)O1. The van der Waals surface area contributed by atoms with E-state index >= 15 is 0 Å². The number of Topliss-reactive ketones (excluding diaryl/α,β-unsaturated/α-hetero) is 1. The summed E-state index contributed by atoms with van der Waals surface area (Å²) in [6.45, 7) is 0. The van der Waals surface area contributed by atoms with Gasteiger partial charge in [-0.1, -0.05) is 0 Å². The van der Waals surface area contributed by atoms with Crippen molar-refractivity contribution in [2.24, 2.45) is 0 Å². The molecule has 0 aliphatic carbocycles. The minimum atomic E-state index is -1.13. The van der Waals surface area contributed by atoms with E-state index in [0.717, 1.165) is 4.68 Å². The van der Waals surface area contributed by atoms with Crippen molar-refractivity contribution >= 4 is 22.8 Å². The summed E-state index contributed by atoms with van der Waals surface area (Å²) in [4.78, 5) is 40.7. The molecule has 18 heavy (non-hydrogen) atoms. The van der Waals surface area contributed by atoms with Crippen molar-refractivity contribution in [1.29, 1.82) is 0 Å². The van der Waals surface area contributed by atoms with Gasteiger partial charge >= 0.3 is 5.97 Å². The number of H-pyrrole nitrogens is 1. The summed E-state index contributed by atoms with van der Waals surface area (Å²) in [7, 11) is 0. The van der Waals surface area contributed by atoms with Crippen LogP contribution in [-0.4, -0.2) is 31.5 Å². The molecule has 1 fully saturated rings. The molecule has 1 aliphatic heterocycles. The van der Waals surface area contributed by atoms with Crippen molar-refractivity contribution < 1.29 is 14.3 Å². The molecule has 1 unspecified atom stereocenters. The van der Waals surface area contributed by atoms with Gasteiger partial charge in [-0.2, -0.15) is 9.78 Å². The Hall–Kier alpha value is -2.51. The van der Waals surface area contributed by atoms with E-state index in [0.29, 0.717) is 0 Å². The molecule has 92 valence electrons. The minimum absolute atomic E-state index is 0.0720. The lowest BCUT2D eigenvalue weighted by Crippen LogP contribution is -2.31. The maximum atomic E-state index is 11.7. The zero-order chi connectivity index (χ0) is 12.7. The predicted octanol–water partition coefficient (Wildman–Crippen LogP) is -0.476. The fraction of sp³-hybridized carbons (Fsp3) is 0.300. The van der Waals surface area contributed by atoms with Crippen molar-refractivity contribution in [3.8, 4) is 0 Å². The molecule has 1 atom stereocenters. The summed E-state index contributed by atoms with van der Waals surface area (Å²) in [5.74, 6) is -0.727. The number of carbonyl (C=O) groups is 2. The van der Waals surface area contributed by atoms with Crippen LogP contribution in [0.1, 0.15) is 19.1 Å². The van der Waals surface area contributed by atoms with Crippen LogP contribution in [-0.2, 0) is 14.3 Å². The van der Waals surface area contributed by atoms with Gasteiger partial charge in [0.1, 0.15) is 5.39 Å². The number of aromatic nitrogens is 4. The van der Waals surface area contributed by atoms with Gasteiger partial charge in [-0.3, -0.25) is 14.4 Å². The standard InChI is InChI=1S/C10H8N4O4/c15-6-1-2-7(16)18-10(6)14-8-5(3-13-14)9(17)12-4-11-8/h3-4,10H,1-2H2,(H,11,12,17). The molecule has 0 spiro atoms. The molecule has 0 bridgehead atoms. The van der Waals surface area contributed by atoms with Gasteiger partial charge in [0, 0.05) is 6.42 Å². The number of fused-ring (bicyclic) bond motifs is 1. The van der Waals surface area contributed by atoms with E-state index < -0.39 is 12.2 Å². The van der Waals surface area contributed by atoms with Crippen molar-refractivity contribution in [3.05, 3.63) is 22.9 Å². The van der Waals surface area contributed by atoms with Crippen LogP contribution in [0.15, 0.2) is 17.3 Å². The van der Waals surface area contributed by atoms with Crippen LogP contribution in [0.25, 0.3) is 11.0 Å². The molecule has 0 saturated carbocycles. The largest absolute Gasteiger partial charge is 0.432 e. The van der Waals surface area contributed by atoms with Gasteiger partial charge in [0.2, 0.25) is 0 Å². The molecule has 8 nitrogen and oxygen atoms in total. The second-order valence-electron chi connectivity index (χ2n) is 3.87. The Bertz CT molecular complexity index is 701. The van der Waals surface area contributed by atoms with Crippen LogP contribution < -0.4 is 5.56 Å². The van der Waals surface area contributed by atoms with Crippen LogP contribution in [0, 0.1) is 0 Å². The number of hydrogen-bond acceptors (Lipinski definition) is 6. The van der Waals surface area contributed by atoms with E-state index in [4.69, 9.17) is 4.74 Å². The van der Waals surface area contributed by atoms with Gasteiger partial charge < -0.3 is 9.72 Å². The molecule has 1 N–H and O–H groups in total.